The summed E-state index contributed by atoms with van der Waals surface area (Å²) in [6.45, 7) is 4.28. The number of hydrogen-bond acceptors (Lipinski definition) is 1. The topological polar surface area (TPSA) is 17.1 Å². The van der Waals surface area contributed by atoms with Gasteiger partial charge in [-0.05, 0) is 37.8 Å². The van der Waals surface area contributed by atoms with E-state index in [1.165, 1.54) is 19.3 Å². The van der Waals surface area contributed by atoms with Gasteiger partial charge in [0.1, 0.15) is 0 Å². The van der Waals surface area contributed by atoms with E-state index in [1.54, 1.807) is 0 Å². The summed E-state index contributed by atoms with van der Waals surface area (Å²) in [6, 6.07) is 6.04. The Labute approximate surface area is 118 Å². The van der Waals surface area contributed by atoms with E-state index in [1.807, 2.05) is 25.1 Å². The predicted molar refractivity (Wildman–Crippen MR) is 78.9 cm³/mol. The minimum absolute atomic E-state index is 0.238. The molecule has 2 unspecified atom stereocenters. The van der Waals surface area contributed by atoms with Crippen LogP contribution in [-0.4, -0.2) is 5.78 Å². The number of benzene rings is 1. The second-order valence-electron chi connectivity index (χ2n) is 5.49. The molecule has 1 aliphatic carbocycles. The Morgan fingerprint density at radius 3 is 2.89 bits per heavy atom. The molecule has 1 aromatic rings. The highest BCUT2D eigenvalue weighted by Crippen LogP contribution is 2.34. The number of hydrogen-bond donors (Lipinski definition) is 0. The van der Waals surface area contributed by atoms with Gasteiger partial charge >= 0.3 is 0 Å². The summed E-state index contributed by atoms with van der Waals surface area (Å²) in [5.74, 6) is 1.32. The average molecular weight is 309 g/mol. The van der Waals surface area contributed by atoms with Gasteiger partial charge in [0.05, 0.1) is 0 Å². The van der Waals surface area contributed by atoms with Crippen LogP contribution in [0.2, 0.25) is 0 Å². The number of rotatable bonds is 3. The van der Waals surface area contributed by atoms with Gasteiger partial charge in [-0.1, -0.05) is 53.7 Å². The van der Waals surface area contributed by atoms with Gasteiger partial charge in [0, 0.05) is 16.0 Å². The number of carbonyl (C=O) groups is 1. The molecule has 2 atom stereocenters. The fraction of sp³-hybridized carbons (Fsp3) is 0.562. The quantitative estimate of drug-likeness (QED) is 0.705. The maximum atomic E-state index is 12.6. The van der Waals surface area contributed by atoms with Gasteiger partial charge in [0.15, 0.2) is 5.78 Å². The lowest BCUT2D eigenvalue weighted by Gasteiger charge is -2.27. The molecule has 1 saturated carbocycles. The molecule has 98 valence electrons. The molecule has 2 rings (SSSR count). The van der Waals surface area contributed by atoms with Crippen molar-refractivity contribution in [3.63, 3.8) is 0 Å². The summed E-state index contributed by atoms with van der Waals surface area (Å²) in [5.41, 5.74) is 2.03. The number of Topliss-reactive ketones (excluding diaryl/α,β-unsaturated/α-hetero) is 1. The zero-order chi connectivity index (χ0) is 13.1. The average Bonchev–Trinajstić information content (AvgIpc) is 2.41. The SMILES string of the molecule is CCC1CCCC(C(=O)c2cc(C)ccc2Br)C1. The van der Waals surface area contributed by atoms with Crippen LogP contribution in [0.15, 0.2) is 22.7 Å². The van der Waals surface area contributed by atoms with Crippen LogP contribution < -0.4 is 0 Å². The summed E-state index contributed by atoms with van der Waals surface area (Å²) in [5, 5.41) is 0. The summed E-state index contributed by atoms with van der Waals surface area (Å²) in [7, 11) is 0. The van der Waals surface area contributed by atoms with Crippen LogP contribution in [0.5, 0.6) is 0 Å². The smallest absolute Gasteiger partial charge is 0.167 e. The molecule has 2 heteroatoms. The van der Waals surface area contributed by atoms with Gasteiger partial charge in [-0.3, -0.25) is 4.79 Å². The fourth-order valence-electron chi connectivity index (χ4n) is 2.95. The molecule has 1 nitrogen and oxygen atoms in total. The van der Waals surface area contributed by atoms with Crippen LogP contribution >= 0.6 is 15.9 Å². The molecule has 1 aromatic carbocycles. The van der Waals surface area contributed by atoms with E-state index < -0.39 is 0 Å². The van der Waals surface area contributed by atoms with Crippen LogP contribution in [0.1, 0.15) is 54.9 Å². The van der Waals surface area contributed by atoms with E-state index >= 15 is 0 Å². The first-order chi connectivity index (χ1) is 8.61. The highest BCUT2D eigenvalue weighted by atomic mass is 79.9. The van der Waals surface area contributed by atoms with Crippen molar-refractivity contribution in [2.45, 2.75) is 46.0 Å². The standard InChI is InChI=1S/C16H21BrO/c1-3-12-5-4-6-13(10-12)16(18)14-9-11(2)7-8-15(14)17/h7-9,12-13H,3-6,10H2,1-2H3. The number of carbonyl (C=O) groups excluding carboxylic acids is 1. The Balaban J connectivity index is 2.17. The van der Waals surface area contributed by atoms with Crippen molar-refractivity contribution >= 4 is 21.7 Å². The van der Waals surface area contributed by atoms with E-state index in [9.17, 15) is 4.79 Å². The molecular weight excluding hydrogens is 288 g/mol. The Kier molecular flexibility index (Phi) is 4.60. The normalized spacial score (nSPS) is 23.9. The van der Waals surface area contributed by atoms with Crippen LogP contribution in [0.25, 0.3) is 0 Å². The zero-order valence-corrected chi connectivity index (χ0v) is 12.8. The van der Waals surface area contributed by atoms with Crippen molar-refractivity contribution in [2.24, 2.45) is 11.8 Å². The Bertz CT molecular complexity index is 439. The minimum atomic E-state index is 0.238. The predicted octanol–water partition coefficient (Wildman–Crippen LogP) is 5.16. The van der Waals surface area contributed by atoms with Crippen molar-refractivity contribution in [1.29, 1.82) is 0 Å². The number of halogens is 1. The summed E-state index contributed by atoms with van der Waals surface area (Å²) < 4.78 is 0.941. The molecular formula is C16H21BrO. The van der Waals surface area contributed by atoms with Crippen LogP contribution in [0, 0.1) is 18.8 Å². The molecule has 0 heterocycles. The Morgan fingerprint density at radius 1 is 1.39 bits per heavy atom. The van der Waals surface area contributed by atoms with E-state index in [0.29, 0.717) is 5.78 Å². The summed E-state index contributed by atoms with van der Waals surface area (Å²) >= 11 is 3.51. The first kappa shape index (κ1) is 13.8. The largest absolute Gasteiger partial charge is 0.294 e. The molecule has 0 N–H and O–H groups in total. The zero-order valence-electron chi connectivity index (χ0n) is 11.2. The van der Waals surface area contributed by atoms with Gasteiger partial charge in [-0.25, -0.2) is 0 Å². The molecule has 0 aromatic heterocycles. The molecule has 0 radical (unpaired) electrons. The van der Waals surface area contributed by atoms with E-state index in [0.717, 1.165) is 34.4 Å². The van der Waals surface area contributed by atoms with Crippen molar-refractivity contribution < 1.29 is 4.79 Å². The van der Waals surface area contributed by atoms with Crippen molar-refractivity contribution in [1.82, 2.24) is 0 Å². The Hall–Kier alpha value is -0.630. The summed E-state index contributed by atoms with van der Waals surface area (Å²) in [6.07, 6.45) is 5.86. The summed E-state index contributed by atoms with van der Waals surface area (Å²) in [4.78, 5) is 12.6. The van der Waals surface area contributed by atoms with Crippen LogP contribution in [0.3, 0.4) is 0 Å². The van der Waals surface area contributed by atoms with Gasteiger partial charge < -0.3 is 0 Å². The lowest BCUT2D eigenvalue weighted by molar-refractivity contribution is 0.0861. The molecule has 18 heavy (non-hydrogen) atoms. The molecule has 0 aliphatic heterocycles. The fourth-order valence-corrected chi connectivity index (χ4v) is 3.39. The van der Waals surface area contributed by atoms with Crippen LogP contribution in [-0.2, 0) is 0 Å². The maximum Gasteiger partial charge on any atom is 0.167 e. The second-order valence-corrected chi connectivity index (χ2v) is 6.34. The molecule has 1 aliphatic rings. The molecule has 0 bridgehead atoms. The van der Waals surface area contributed by atoms with Gasteiger partial charge in [-0.15, -0.1) is 0 Å². The van der Waals surface area contributed by atoms with E-state index in [-0.39, 0.29) is 5.92 Å². The highest BCUT2D eigenvalue weighted by Gasteiger charge is 2.27. The van der Waals surface area contributed by atoms with E-state index in [2.05, 4.69) is 22.9 Å². The molecule has 0 saturated heterocycles. The second kappa shape index (κ2) is 6.01. The van der Waals surface area contributed by atoms with Crippen LogP contribution in [0.4, 0.5) is 0 Å². The monoisotopic (exact) mass is 308 g/mol. The lowest BCUT2D eigenvalue weighted by Crippen LogP contribution is -2.23. The van der Waals surface area contributed by atoms with Gasteiger partial charge in [-0.2, -0.15) is 0 Å². The number of ketones is 1. The van der Waals surface area contributed by atoms with Gasteiger partial charge in [0.25, 0.3) is 0 Å². The molecule has 0 spiro atoms. The van der Waals surface area contributed by atoms with Crippen molar-refractivity contribution in [3.05, 3.63) is 33.8 Å². The maximum absolute atomic E-state index is 12.6. The molecule has 0 amide bonds. The minimum Gasteiger partial charge on any atom is -0.294 e. The third kappa shape index (κ3) is 3.03. The lowest BCUT2D eigenvalue weighted by atomic mass is 9.77. The first-order valence-corrected chi connectivity index (χ1v) is 7.71. The third-order valence-electron chi connectivity index (χ3n) is 4.12. The first-order valence-electron chi connectivity index (χ1n) is 6.92. The van der Waals surface area contributed by atoms with Crippen molar-refractivity contribution in [2.75, 3.05) is 0 Å². The molecule has 1 fully saturated rings. The Morgan fingerprint density at radius 2 is 2.17 bits per heavy atom. The van der Waals surface area contributed by atoms with E-state index in [4.69, 9.17) is 0 Å². The van der Waals surface area contributed by atoms with Gasteiger partial charge in [0.2, 0.25) is 0 Å². The third-order valence-corrected chi connectivity index (χ3v) is 4.81. The highest BCUT2D eigenvalue weighted by molar-refractivity contribution is 9.10. The number of aryl methyl sites for hydroxylation is 1. The van der Waals surface area contributed by atoms with Crippen molar-refractivity contribution in [3.8, 4) is 0 Å².